The van der Waals surface area contributed by atoms with E-state index in [-0.39, 0.29) is 22.0 Å². The first-order chi connectivity index (χ1) is 10.9. The van der Waals surface area contributed by atoms with Crippen LogP contribution in [0.1, 0.15) is 41.5 Å². The first-order valence-electron chi connectivity index (χ1n) is 7.93. The van der Waals surface area contributed by atoms with E-state index in [9.17, 15) is 13.8 Å². The lowest BCUT2D eigenvalue weighted by atomic mass is 9.68. The van der Waals surface area contributed by atoms with E-state index in [1.807, 2.05) is 41.5 Å². The second-order valence-electron chi connectivity index (χ2n) is 8.23. The molecule has 2 bridgehead atoms. The third-order valence-electron chi connectivity index (χ3n) is 4.52. The largest absolute Gasteiger partial charge is 0.466 e. The number of ether oxygens (including phenoxy) is 2. The van der Waals surface area contributed by atoms with Crippen molar-refractivity contribution in [2.75, 3.05) is 14.2 Å². The number of carbonyl (C=O) groups is 2. The van der Waals surface area contributed by atoms with Crippen LogP contribution in [-0.4, -0.2) is 40.9 Å². The summed E-state index contributed by atoms with van der Waals surface area (Å²) >= 11 is 0. The highest BCUT2D eigenvalue weighted by Gasteiger charge is 2.59. The molecule has 0 saturated carbocycles. The van der Waals surface area contributed by atoms with Gasteiger partial charge in [0.2, 0.25) is 0 Å². The molecule has 2 rings (SSSR count). The lowest BCUT2D eigenvalue weighted by Crippen LogP contribution is -2.33. The lowest BCUT2D eigenvalue weighted by Gasteiger charge is -2.35. The van der Waals surface area contributed by atoms with E-state index in [0.717, 1.165) is 11.1 Å². The van der Waals surface area contributed by atoms with E-state index in [2.05, 4.69) is 0 Å². The van der Waals surface area contributed by atoms with Crippen molar-refractivity contribution in [1.82, 2.24) is 0 Å². The van der Waals surface area contributed by atoms with Gasteiger partial charge in [-0.2, -0.15) is 0 Å². The molecule has 0 aromatic carbocycles. The minimum absolute atomic E-state index is 0.200. The summed E-state index contributed by atoms with van der Waals surface area (Å²) in [7, 11) is 1.13. The predicted octanol–water partition coefficient (Wildman–Crippen LogP) is 2.53. The Bertz CT molecular complexity index is 629. The van der Waals surface area contributed by atoms with E-state index in [1.165, 1.54) is 14.2 Å². The molecule has 0 N–H and O–H groups in total. The third-order valence-corrected chi connectivity index (χ3v) is 6.39. The second-order valence-corrected chi connectivity index (χ2v) is 9.83. The Morgan fingerprint density at radius 2 is 1.08 bits per heavy atom. The van der Waals surface area contributed by atoms with Crippen molar-refractivity contribution in [1.29, 1.82) is 0 Å². The van der Waals surface area contributed by atoms with Gasteiger partial charge in [0, 0.05) is 10.8 Å². The summed E-state index contributed by atoms with van der Waals surface area (Å²) in [5.74, 6) is -1.21. The maximum Gasteiger partial charge on any atom is 0.335 e. The maximum atomic E-state index is 13.2. The van der Waals surface area contributed by atoms with E-state index in [4.69, 9.17) is 9.47 Å². The Hall–Kier alpha value is -1.43. The molecular formula is C18H26O5S. The normalized spacial score (nSPS) is 26.9. The van der Waals surface area contributed by atoms with Gasteiger partial charge in [-0.25, -0.2) is 9.59 Å². The summed E-state index contributed by atoms with van der Waals surface area (Å²) in [6.45, 7) is 12.2. The molecule has 0 saturated heterocycles. The Morgan fingerprint density at radius 3 is 1.29 bits per heavy atom. The Labute approximate surface area is 145 Å². The predicted molar refractivity (Wildman–Crippen MR) is 92.7 cm³/mol. The number of methoxy groups -OCH3 is 2. The molecule has 2 atom stereocenters. The molecule has 0 radical (unpaired) electrons. The van der Waals surface area contributed by atoms with Crippen LogP contribution in [0.4, 0.5) is 0 Å². The average molecular weight is 354 g/mol. The van der Waals surface area contributed by atoms with Crippen LogP contribution in [0.3, 0.4) is 0 Å². The highest BCUT2D eigenvalue weighted by atomic mass is 32.2. The topological polar surface area (TPSA) is 69.7 Å². The van der Waals surface area contributed by atoms with Crippen molar-refractivity contribution in [3.63, 3.8) is 0 Å². The zero-order chi connectivity index (χ0) is 18.6. The van der Waals surface area contributed by atoms with E-state index in [1.54, 1.807) is 0 Å². The smallest absolute Gasteiger partial charge is 0.335 e. The third kappa shape index (κ3) is 2.65. The molecule has 0 fully saturated rings. The standard InChI is InChI=1S/C18H26O5S/c1-17(2,3)11-12(18(4,5)6)14-10(16(20)23-8)9(15(19)22-7)13(11)24(14)21/h13-14H,1-8H3. The molecule has 6 heteroatoms. The highest BCUT2D eigenvalue weighted by Crippen LogP contribution is 2.56. The van der Waals surface area contributed by atoms with Gasteiger partial charge in [-0.1, -0.05) is 41.5 Å². The van der Waals surface area contributed by atoms with Gasteiger partial charge in [0.15, 0.2) is 0 Å². The number of rotatable bonds is 2. The fourth-order valence-electron chi connectivity index (χ4n) is 3.70. The van der Waals surface area contributed by atoms with Gasteiger partial charge in [0.1, 0.15) is 0 Å². The van der Waals surface area contributed by atoms with Crippen LogP contribution in [0.5, 0.6) is 0 Å². The van der Waals surface area contributed by atoms with Gasteiger partial charge in [-0.3, -0.25) is 4.21 Å². The first-order valence-corrected chi connectivity index (χ1v) is 9.20. The van der Waals surface area contributed by atoms with Crippen molar-refractivity contribution in [2.45, 2.75) is 52.0 Å². The molecule has 2 aliphatic heterocycles. The average Bonchev–Trinajstić information content (AvgIpc) is 2.92. The van der Waals surface area contributed by atoms with Crippen LogP contribution in [0, 0.1) is 10.8 Å². The Kier molecular flexibility index (Phi) is 4.59. The molecule has 24 heavy (non-hydrogen) atoms. The summed E-state index contributed by atoms with van der Waals surface area (Å²) in [5, 5.41) is -1.21. The zero-order valence-corrected chi connectivity index (χ0v) is 16.4. The van der Waals surface area contributed by atoms with Crippen LogP contribution in [0.25, 0.3) is 0 Å². The van der Waals surface area contributed by atoms with Crippen molar-refractivity contribution in [2.24, 2.45) is 10.8 Å². The molecule has 2 aliphatic rings. The summed E-state index contributed by atoms with van der Waals surface area (Å²) in [5.41, 5.74) is 1.80. The Balaban J connectivity index is 2.81. The van der Waals surface area contributed by atoms with Crippen LogP contribution in [-0.2, 0) is 29.9 Å². The zero-order valence-electron chi connectivity index (χ0n) is 15.6. The van der Waals surface area contributed by atoms with Crippen LogP contribution in [0.2, 0.25) is 0 Å². The van der Waals surface area contributed by atoms with E-state index in [0.29, 0.717) is 0 Å². The summed E-state index contributed by atoms with van der Waals surface area (Å²) in [4.78, 5) is 24.7. The Morgan fingerprint density at radius 1 is 0.792 bits per heavy atom. The molecule has 0 amide bonds. The number of hydrogen-bond acceptors (Lipinski definition) is 5. The second kappa shape index (κ2) is 5.83. The number of carbonyl (C=O) groups excluding carboxylic acids is 2. The van der Waals surface area contributed by atoms with Gasteiger partial charge in [-0.15, -0.1) is 0 Å². The monoisotopic (exact) mass is 354 g/mol. The molecule has 5 nitrogen and oxygen atoms in total. The summed E-state index contributed by atoms with van der Waals surface area (Å²) in [6.07, 6.45) is 0. The fraction of sp³-hybridized carbons (Fsp3) is 0.667. The van der Waals surface area contributed by atoms with E-state index < -0.39 is 33.2 Å². The van der Waals surface area contributed by atoms with Crippen LogP contribution in [0.15, 0.2) is 22.3 Å². The van der Waals surface area contributed by atoms with Gasteiger partial charge in [0.25, 0.3) is 0 Å². The highest BCUT2D eigenvalue weighted by molar-refractivity contribution is 7.88. The van der Waals surface area contributed by atoms with Crippen LogP contribution >= 0.6 is 0 Å². The lowest BCUT2D eigenvalue weighted by molar-refractivity contribution is -0.139. The molecule has 2 heterocycles. The van der Waals surface area contributed by atoms with Crippen molar-refractivity contribution < 1.29 is 23.3 Å². The number of fused-ring (bicyclic) bond motifs is 2. The van der Waals surface area contributed by atoms with Gasteiger partial charge in [-0.05, 0) is 22.0 Å². The van der Waals surface area contributed by atoms with Gasteiger partial charge in [0.05, 0.1) is 35.9 Å². The quantitative estimate of drug-likeness (QED) is 0.563. The minimum atomic E-state index is -1.41. The molecule has 0 aromatic rings. The van der Waals surface area contributed by atoms with E-state index >= 15 is 0 Å². The number of esters is 2. The summed E-state index contributed by atoms with van der Waals surface area (Å²) < 4.78 is 22.9. The van der Waals surface area contributed by atoms with Gasteiger partial charge >= 0.3 is 11.9 Å². The first kappa shape index (κ1) is 18.9. The molecule has 134 valence electrons. The molecule has 0 aromatic heterocycles. The minimum Gasteiger partial charge on any atom is -0.466 e. The maximum absolute atomic E-state index is 13.2. The summed E-state index contributed by atoms with van der Waals surface area (Å²) in [6, 6.07) is 0. The van der Waals surface area contributed by atoms with Crippen molar-refractivity contribution in [3.05, 3.63) is 22.3 Å². The fourth-order valence-corrected chi connectivity index (χ4v) is 6.31. The molecule has 0 spiro atoms. The molecule has 2 unspecified atom stereocenters. The van der Waals surface area contributed by atoms with Gasteiger partial charge < -0.3 is 9.47 Å². The number of hydrogen-bond donors (Lipinski definition) is 0. The van der Waals surface area contributed by atoms with Crippen LogP contribution < -0.4 is 0 Å². The SMILES string of the molecule is COC(=O)C1=C(C(=O)OC)C2C(C(C)(C)C)=C(C(C)(C)C)C1S2=O. The molecule has 0 aliphatic carbocycles. The van der Waals surface area contributed by atoms with Crippen molar-refractivity contribution >= 4 is 22.7 Å². The molecular weight excluding hydrogens is 328 g/mol. The van der Waals surface area contributed by atoms with Crippen molar-refractivity contribution in [3.8, 4) is 0 Å².